The highest BCUT2D eigenvalue weighted by molar-refractivity contribution is 7.99. The van der Waals surface area contributed by atoms with Gasteiger partial charge in [0.05, 0.1) is 18.6 Å². The van der Waals surface area contributed by atoms with Crippen molar-refractivity contribution in [2.24, 2.45) is 0 Å². The number of aryl methyl sites for hydroxylation is 1. The van der Waals surface area contributed by atoms with Gasteiger partial charge in [-0.05, 0) is 48.9 Å². The number of carbonyl (C=O) groups excluding carboxylic acids is 1. The highest BCUT2D eigenvalue weighted by Gasteiger charge is 2.16. The van der Waals surface area contributed by atoms with Gasteiger partial charge in [0.25, 0.3) is 0 Å². The number of benzene rings is 2. The van der Waals surface area contributed by atoms with Gasteiger partial charge >= 0.3 is 0 Å². The van der Waals surface area contributed by atoms with Gasteiger partial charge in [0.1, 0.15) is 11.4 Å². The number of hydrogen-bond acceptors (Lipinski definition) is 7. The molecule has 9 nitrogen and oxygen atoms in total. The van der Waals surface area contributed by atoms with Crippen molar-refractivity contribution in [3.8, 4) is 28.5 Å². The molecule has 158 valence electrons. The second-order valence-corrected chi connectivity index (χ2v) is 7.67. The van der Waals surface area contributed by atoms with E-state index in [2.05, 4.69) is 25.7 Å². The third-order valence-electron chi connectivity index (χ3n) is 4.62. The zero-order valence-electron chi connectivity index (χ0n) is 17.0. The van der Waals surface area contributed by atoms with Crippen LogP contribution in [0.5, 0.6) is 5.75 Å². The lowest BCUT2D eigenvalue weighted by Gasteiger charge is -2.07. The van der Waals surface area contributed by atoms with E-state index < -0.39 is 0 Å². The first-order valence-corrected chi connectivity index (χ1v) is 10.4. The Morgan fingerprint density at radius 2 is 1.97 bits per heavy atom. The number of aromatic amines is 1. The van der Waals surface area contributed by atoms with Crippen LogP contribution >= 0.6 is 11.8 Å². The number of amides is 1. The number of hydrogen-bond donors (Lipinski definition) is 3. The summed E-state index contributed by atoms with van der Waals surface area (Å²) in [6.07, 6.45) is 0. The second kappa shape index (κ2) is 8.92. The molecule has 0 aliphatic rings. The number of anilines is 1. The Morgan fingerprint density at radius 3 is 2.71 bits per heavy atom. The van der Waals surface area contributed by atoms with Gasteiger partial charge in [0.2, 0.25) is 16.9 Å². The zero-order chi connectivity index (χ0) is 21.8. The summed E-state index contributed by atoms with van der Waals surface area (Å²) in [5.41, 5.74) is 4.07. The minimum Gasteiger partial charge on any atom is -0.497 e. The number of aromatic nitrogens is 5. The first kappa shape index (κ1) is 20.5. The van der Waals surface area contributed by atoms with Crippen LogP contribution in [0.4, 0.5) is 5.69 Å². The molecular formula is C21H21N7O2S. The Hall–Kier alpha value is -3.79. The van der Waals surface area contributed by atoms with Gasteiger partial charge in [0, 0.05) is 11.3 Å². The minimum atomic E-state index is -0.146. The number of para-hydroxylation sites is 1. The third-order valence-corrected chi connectivity index (χ3v) is 5.56. The fourth-order valence-corrected chi connectivity index (χ4v) is 3.59. The maximum absolute atomic E-state index is 12.3. The Balaban J connectivity index is 1.43. The predicted octanol–water partition coefficient (Wildman–Crippen LogP) is 3.10. The molecule has 0 radical (unpaired) electrons. The summed E-state index contributed by atoms with van der Waals surface area (Å²) in [5.74, 6) is 7.37. The number of thioether (sulfide) groups is 1. The van der Waals surface area contributed by atoms with Crippen LogP contribution in [0.25, 0.3) is 22.8 Å². The van der Waals surface area contributed by atoms with E-state index in [-0.39, 0.29) is 11.7 Å². The number of ether oxygens (including phenoxy) is 1. The van der Waals surface area contributed by atoms with Gasteiger partial charge in [-0.25, -0.2) is 4.68 Å². The van der Waals surface area contributed by atoms with Crippen LogP contribution < -0.4 is 15.9 Å². The molecule has 4 aromatic rings. The molecule has 0 aliphatic heterocycles. The van der Waals surface area contributed by atoms with E-state index in [0.717, 1.165) is 28.3 Å². The molecule has 0 saturated carbocycles. The van der Waals surface area contributed by atoms with Crippen LogP contribution in [0.2, 0.25) is 0 Å². The van der Waals surface area contributed by atoms with Crippen molar-refractivity contribution in [2.45, 2.75) is 12.1 Å². The molecule has 0 spiro atoms. The number of H-pyrrole nitrogens is 1. The fraction of sp³-hybridized carbons (Fsp3) is 0.143. The monoisotopic (exact) mass is 435 g/mol. The summed E-state index contributed by atoms with van der Waals surface area (Å²) in [4.78, 5) is 12.3. The number of rotatable bonds is 7. The maximum atomic E-state index is 12.3. The van der Waals surface area contributed by atoms with Crippen LogP contribution in [-0.2, 0) is 4.79 Å². The zero-order valence-corrected chi connectivity index (χ0v) is 17.8. The molecule has 0 unspecified atom stereocenters. The minimum absolute atomic E-state index is 0.146. The summed E-state index contributed by atoms with van der Waals surface area (Å²) in [7, 11) is 1.62. The second-order valence-electron chi connectivity index (χ2n) is 6.72. The largest absolute Gasteiger partial charge is 0.497 e. The average molecular weight is 436 g/mol. The smallest absolute Gasteiger partial charge is 0.234 e. The highest BCUT2D eigenvalue weighted by atomic mass is 32.2. The standard InChI is InChI=1S/C21H21N7O2S/c1-13-5-3-4-6-16(13)23-19(29)12-31-21-27-26-20(28(21)22)18-11-17(24-25-18)14-7-9-15(30-2)10-8-14/h3-11H,12,22H2,1-2H3,(H,23,29)(H,24,25). The Kier molecular flexibility index (Phi) is 5.89. The van der Waals surface area contributed by atoms with Crippen molar-refractivity contribution >= 4 is 23.4 Å². The fourth-order valence-electron chi connectivity index (χ4n) is 2.93. The number of nitrogens with one attached hydrogen (secondary N) is 2. The first-order chi connectivity index (χ1) is 15.0. The van der Waals surface area contributed by atoms with E-state index in [1.165, 1.54) is 16.4 Å². The number of nitrogen functional groups attached to an aromatic ring is 1. The van der Waals surface area contributed by atoms with Crippen LogP contribution in [0.3, 0.4) is 0 Å². The lowest BCUT2D eigenvalue weighted by Crippen LogP contribution is -2.17. The van der Waals surface area contributed by atoms with Gasteiger partial charge in [-0.3, -0.25) is 9.89 Å². The maximum Gasteiger partial charge on any atom is 0.234 e. The molecule has 0 bridgehead atoms. The van der Waals surface area contributed by atoms with Crippen molar-refractivity contribution < 1.29 is 9.53 Å². The summed E-state index contributed by atoms with van der Waals surface area (Å²) in [6.45, 7) is 1.94. The molecule has 2 aromatic carbocycles. The molecule has 4 rings (SSSR count). The quantitative estimate of drug-likeness (QED) is 0.301. The van der Waals surface area contributed by atoms with E-state index >= 15 is 0 Å². The average Bonchev–Trinajstić information content (AvgIpc) is 3.41. The molecule has 1 amide bonds. The molecule has 0 aliphatic carbocycles. The summed E-state index contributed by atoms with van der Waals surface area (Å²) in [5, 5.41) is 18.8. The van der Waals surface area contributed by atoms with Gasteiger partial charge in [-0.2, -0.15) is 5.10 Å². The van der Waals surface area contributed by atoms with Crippen molar-refractivity contribution in [3.63, 3.8) is 0 Å². The van der Waals surface area contributed by atoms with Crippen molar-refractivity contribution in [2.75, 3.05) is 24.0 Å². The summed E-state index contributed by atoms with van der Waals surface area (Å²) >= 11 is 1.21. The Labute approximate surface area is 183 Å². The van der Waals surface area contributed by atoms with Gasteiger partial charge in [0.15, 0.2) is 0 Å². The van der Waals surface area contributed by atoms with E-state index in [9.17, 15) is 4.79 Å². The molecule has 10 heteroatoms. The van der Waals surface area contributed by atoms with E-state index in [1.54, 1.807) is 7.11 Å². The van der Waals surface area contributed by atoms with Crippen LogP contribution in [0.1, 0.15) is 5.56 Å². The normalized spacial score (nSPS) is 10.8. The number of carbonyl (C=O) groups is 1. The number of nitrogens with zero attached hydrogens (tertiary/aromatic N) is 4. The Bertz CT molecular complexity index is 1200. The topological polar surface area (TPSA) is 124 Å². The predicted molar refractivity (Wildman–Crippen MR) is 120 cm³/mol. The number of nitrogens with two attached hydrogens (primary N) is 1. The molecule has 0 saturated heterocycles. The summed E-state index contributed by atoms with van der Waals surface area (Å²) in [6, 6.07) is 17.0. The van der Waals surface area contributed by atoms with E-state index in [0.29, 0.717) is 16.7 Å². The summed E-state index contributed by atoms with van der Waals surface area (Å²) < 4.78 is 6.52. The van der Waals surface area contributed by atoms with Crippen molar-refractivity contribution in [1.82, 2.24) is 25.1 Å². The molecule has 0 fully saturated rings. The lowest BCUT2D eigenvalue weighted by atomic mass is 10.1. The molecule has 0 atom stereocenters. The molecular weight excluding hydrogens is 414 g/mol. The van der Waals surface area contributed by atoms with Crippen LogP contribution in [0, 0.1) is 6.92 Å². The first-order valence-electron chi connectivity index (χ1n) is 9.44. The van der Waals surface area contributed by atoms with Gasteiger partial charge in [-0.15, -0.1) is 10.2 Å². The van der Waals surface area contributed by atoms with E-state index in [1.807, 2.05) is 61.5 Å². The van der Waals surface area contributed by atoms with Gasteiger partial charge in [-0.1, -0.05) is 30.0 Å². The molecule has 2 heterocycles. The van der Waals surface area contributed by atoms with Crippen LogP contribution in [0.15, 0.2) is 59.8 Å². The lowest BCUT2D eigenvalue weighted by molar-refractivity contribution is -0.113. The van der Waals surface area contributed by atoms with Crippen molar-refractivity contribution in [1.29, 1.82) is 0 Å². The van der Waals surface area contributed by atoms with Crippen molar-refractivity contribution in [3.05, 3.63) is 60.2 Å². The number of methoxy groups -OCH3 is 1. The molecule has 31 heavy (non-hydrogen) atoms. The SMILES string of the molecule is COc1ccc(-c2cc(-c3nnc(SCC(=O)Nc4ccccc4C)n3N)[nH]n2)cc1. The highest BCUT2D eigenvalue weighted by Crippen LogP contribution is 2.26. The third kappa shape index (κ3) is 4.53. The Morgan fingerprint density at radius 1 is 1.19 bits per heavy atom. The van der Waals surface area contributed by atoms with Crippen LogP contribution in [-0.4, -0.2) is 43.8 Å². The van der Waals surface area contributed by atoms with E-state index in [4.69, 9.17) is 10.6 Å². The molecule has 2 aromatic heterocycles. The van der Waals surface area contributed by atoms with Gasteiger partial charge < -0.3 is 15.9 Å². The molecule has 4 N–H and O–H groups in total.